The molecule has 0 aliphatic rings. The van der Waals surface area contributed by atoms with Gasteiger partial charge in [-0.3, -0.25) is 0 Å². The fraction of sp³-hybridized carbons (Fsp3) is 0.467. The lowest BCUT2D eigenvalue weighted by molar-refractivity contribution is 0.170. The molecule has 0 saturated carbocycles. The molecular weight excluding hydrogens is 272 g/mol. The lowest BCUT2D eigenvalue weighted by Gasteiger charge is -2.11. The third kappa shape index (κ3) is 3.55. The van der Waals surface area contributed by atoms with Gasteiger partial charge in [0.15, 0.2) is 0 Å². The second-order valence-electron chi connectivity index (χ2n) is 5.08. The van der Waals surface area contributed by atoms with Crippen LogP contribution in [0.5, 0.6) is 5.75 Å². The zero-order chi connectivity index (χ0) is 14.5. The van der Waals surface area contributed by atoms with Crippen LogP contribution in [0.1, 0.15) is 48.4 Å². The minimum atomic E-state index is -0.491. The highest BCUT2D eigenvalue weighted by Gasteiger charge is 2.18. The Morgan fingerprint density at radius 2 is 1.95 bits per heavy atom. The van der Waals surface area contributed by atoms with Crippen LogP contribution in [-0.2, 0) is 6.42 Å². The van der Waals surface area contributed by atoms with Crippen molar-refractivity contribution in [2.75, 3.05) is 7.11 Å². The van der Waals surface area contributed by atoms with Crippen LogP contribution in [0.4, 0.5) is 0 Å². The van der Waals surface area contributed by atoms with Gasteiger partial charge in [0.1, 0.15) is 5.75 Å². The molecule has 1 atom stereocenters. The van der Waals surface area contributed by atoms with Crippen LogP contribution in [-0.4, -0.2) is 21.8 Å². The Morgan fingerprint density at radius 1 is 1.25 bits per heavy atom. The van der Waals surface area contributed by atoms with Crippen molar-refractivity contribution in [2.24, 2.45) is 0 Å². The average Bonchev–Trinajstić information content (AvgIpc) is 2.95. The second kappa shape index (κ2) is 6.81. The predicted octanol–water partition coefficient (Wildman–Crippen LogP) is 3.34. The Hall–Kier alpha value is -1.46. The van der Waals surface area contributed by atoms with E-state index in [-0.39, 0.29) is 0 Å². The maximum Gasteiger partial charge on any atom is 0.118 e. The Kier molecular flexibility index (Phi) is 5.09. The molecule has 0 amide bonds. The largest absolute Gasteiger partial charge is 0.497 e. The fourth-order valence-electron chi connectivity index (χ4n) is 2.06. The summed E-state index contributed by atoms with van der Waals surface area (Å²) in [6.07, 6.45) is 1.01. The van der Waals surface area contributed by atoms with Crippen LogP contribution in [0, 0.1) is 0 Å². The number of ether oxygens (including phenoxy) is 1. The summed E-state index contributed by atoms with van der Waals surface area (Å²) in [7, 11) is 1.66. The summed E-state index contributed by atoms with van der Waals surface area (Å²) in [5, 5.41) is 14.4. The molecule has 1 heterocycles. The molecule has 108 valence electrons. The molecule has 2 aromatic rings. The summed E-state index contributed by atoms with van der Waals surface area (Å²) in [5.41, 5.74) is 2.10. The maximum absolute atomic E-state index is 10.3. The first kappa shape index (κ1) is 14.9. The topological polar surface area (TPSA) is 55.2 Å². The molecular formula is C15H20N2O2S. The number of rotatable bonds is 6. The number of methoxy groups -OCH3 is 1. The van der Waals surface area contributed by atoms with E-state index < -0.39 is 6.10 Å². The van der Waals surface area contributed by atoms with E-state index in [2.05, 4.69) is 23.4 Å². The first-order valence-corrected chi connectivity index (χ1v) is 7.52. The zero-order valence-electron chi connectivity index (χ0n) is 12.0. The van der Waals surface area contributed by atoms with Gasteiger partial charge in [0.25, 0.3) is 0 Å². The van der Waals surface area contributed by atoms with Crippen molar-refractivity contribution in [1.82, 2.24) is 9.59 Å². The van der Waals surface area contributed by atoms with Crippen LogP contribution in [0.3, 0.4) is 0 Å². The van der Waals surface area contributed by atoms with Crippen molar-refractivity contribution >= 4 is 11.5 Å². The number of hydrogen-bond donors (Lipinski definition) is 1. The molecule has 0 saturated heterocycles. The van der Waals surface area contributed by atoms with Crippen LogP contribution < -0.4 is 4.74 Å². The van der Waals surface area contributed by atoms with Crippen LogP contribution in [0.25, 0.3) is 0 Å². The SMILES string of the molecule is COc1ccc(CCC(O)c2snnc2C(C)C)cc1. The highest BCUT2D eigenvalue weighted by Crippen LogP contribution is 2.29. The van der Waals surface area contributed by atoms with Gasteiger partial charge in [-0.05, 0) is 48.0 Å². The minimum absolute atomic E-state index is 0.291. The van der Waals surface area contributed by atoms with Crippen LogP contribution in [0.15, 0.2) is 24.3 Å². The summed E-state index contributed by atoms with van der Waals surface area (Å²) in [5.74, 6) is 1.14. The molecule has 2 rings (SSSR count). The molecule has 1 N–H and O–H groups in total. The standard InChI is InChI=1S/C15H20N2O2S/c1-10(2)14-15(20-17-16-14)13(18)9-6-11-4-7-12(19-3)8-5-11/h4-5,7-8,10,13,18H,6,9H2,1-3H3. The number of hydrogen-bond acceptors (Lipinski definition) is 5. The molecule has 0 bridgehead atoms. The summed E-state index contributed by atoms with van der Waals surface area (Å²) in [4.78, 5) is 0.897. The molecule has 1 unspecified atom stereocenters. The first-order chi connectivity index (χ1) is 9.61. The van der Waals surface area contributed by atoms with Gasteiger partial charge >= 0.3 is 0 Å². The summed E-state index contributed by atoms with van der Waals surface area (Å²) < 4.78 is 9.09. The normalized spacial score (nSPS) is 12.7. The van der Waals surface area contributed by atoms with E-state index in [4.69, 9.17) is 4.74 Å². The van der Waals surface area contributed by atoms with E-state index in [0.717, 1.165) is 22.7 Å². The molecule has 20 heavy (non-hydrogen) atoms. The van der Waals surface area contributed by atoms with Crippen molar-refractivity contribution in [3.63, 3.8) is 0 Å². The fourth-order valence-corrected chi connectivity index (χ4v) is 2.89. The van der Waals surface area contributed by atoms with Gasteiger partial charge in [0.05, 0.1) is 23.8 Å². The average molecular weight is 292 g/mol. The summed E-state index contributed by atoms with van der Waals surface area (Å²) in [6, 6.07) is 7.94. The number of aliphatic hydroxyl groups excluding tert-OH is 1. The number of nitrogens with zero attached hydrogens (tertiary/aromatic N) is 2. The van der Waals surface area contributed by atoms with Crippen molar-refractivity contribution < 1.29 is 9.84 Å². The molecule has 5 heteroatoms. The molecule has 1 aromatic carbocycles. The van der Waals surface area contributed by atoms with Gasteiger partial charge in [0, 0.05) is 0 Å². The van der Waals surface area contributed by atoms with Gasteiger partial charge in [-0.15, -0.1) is 5.10 Å². The van der Waals surface area contributed by atoms with E-state index in [1.807, 2.05) is 24.3 Å². The summed E-state index contributed by atoms with van der Waals surface area (Å²) >= 11 is 1.30. The lowest BCUT2D eigenvalue weighted by Crippen LogP contribution is -2.02. The van der Waals surface area contributed by atoms with E-state index in [0.29, 0.717) is 12.3 Å². The highest BCUT2D eigenvalue weighted by molar-refractivity contribution is 7.05. The Balaban J connectivity index is 1.97. The lowest BCUT2D eigenvalue weighted by atomic mass is 10.0. The summed E-state index contributed by atoms with van der Waals surface area (Å²) in [6.45, 7) is 4.13. The van der Waals surface area contributed by atoms with Gasteiger partial charge in [-0.25, -0.2) is 0 Å². The minimum Gasteiger partial charge on any atom is -0.497 e. The Bertz CT molecular complexity index is 537. The molecule has 0 radical (unpaired) electrons. The number of aryl methyl sites for hydroxylation is 1. The van der Waals surface area contributed by atoms with E-state index in [9.17, 15) is 5.11 Å². The number of benzene rings is 1. The molecule has 1 aromatic heterocycles. The van der Waals surface area contributed by atoms with E-state index in [1.54, 1.807) is 7.11 Å². The molecule has 0 fully saturated rings. The van der Waals surface area contributed by atoms with Crippen molar-refractivity contribution in [1.29, 1.82) is 0 Å². The third-order valence-corrected chi connectivity index (χ3v) is 4.10. The van der Waals surface area contributed by atoms with Gasteiger partial charge < -0.3 is 9.84 Å². The van der Waals surface area contributed by atoms with E-state index in [1.165, 1.54) is 17.1 Å². The first-order valence-electron chi connectivity index (χ1n) is 6.75. The third-order valence-electron chi connectivity index (χ3n) is 3.26. The van der Waals surface area contributed by atoms with Crippen molar-refractivity contribution in [2.45, 2.75) is 38.7 Å². The van der Waals surface area contributed by atoms with Crippen LogP contribution >= 0.6 is 11.5 Å². The smallest absolute Gasteiger partial charge is 0.118 e. The van der Waals surface area contributed by atoms with Gasteiger partial charge in [-0.1, -0.05) is 30.5 Å². The molecule has 0 aliphatic heterocycles. The number of aromatic nitrogens is 2. The van der Waals surface area contributed by atoms with E-state index >= 15 is 0 Å². The van der Waals surface area contributed by atoms with Crippen molar-refractivity contribution in [3.8, 4) is 5.75 Å². The molecule has 4 nitrogen and oxygen atoms in total. The highest BCUT2D eigenvalue weighted by atomic mass is 32.1. The van der Waals surface area contributed by atoms with Gasteiger partial charge in [0.2, 0.25) is 0 Å². The van der Waals surface area contributed by atoms with Crippen molar-refractivity contribution in [3.05, 3.63) is 40.4 Å². The Labute approximate surface area is 123 Å². The number of aliphatic hydroxyl groups is 1. The molecule has 0 aliphatic carbocycles. The van der Waals surface area contributed by atoms with Gasteiger partial charge in [-0.2, -0.15) is 0 Å². The van der Waals surface area contributed by atoms with Crippen LogP contribution in [0.2, 0.25) is 0 Å². The predicted molar refractivity (Wildman–Crippen MR) is 80.3 cm³/mol. The maximum atomic E-state index is 10.3. The Morgan fingerprint density at radius 3 is 2.55 bits per heavy atom. The monoisotopic (exact) mass is 292 g/mol. The second-order valence-corrected chi connectivity index (χ2v) is 5.87. The quantitative estimate of drug-likeness (QED) is 0.887. The molecule has 0 spiro atoms. The zero-order valence-corrected chi connectivity index (χ0v) is 12.9.